The van der Waals surface area contributed by atoms with Crippen LogP contribution in [0, 0.1) is 5.82 Å². The number of rotatable bonds is 4. The normalized spacial score (nSPS) is 10.6. The highest BCUT2D eigenvalue weighted by Crippen LogP contribution is 2.12. The molecule has 0 atom stereocenters. The molecule has 0 aromatic heterocycles. The Morgan fingerprint density at radius 3 is 2.64 bits per heavy atom. The summed E-state index contributed by atoms with van der Waals surface area (Å²) in [5, 5.41) is 0. The molecule has 0 unspecified atom stereocenters. The zero-order valence-electron chi connectivity index (χ0n) is 8.76. The second kappa shape index (κ2) is 4.91. The lowest BCUT2D eigenvalue weighted by atomic mass is 10.1. The number of allylic oxidation sites excluding steroid dienone is 1. The average molecular weight is 193 g/mol. The molecule has 0 amide bonds. The first-order valence-electron chi connectivity index (χ1n) is 4.66. The largest absolute Gasteiger partial charge is 0.305 e. The monoisotopic (exact) mass is 193 g/mol. The first kappa shape index (κ1) is 10.9. The van der Waals surface area contributed by atoms with Crippen molar-refractivity contribution >= 4 is 0 Å². The van der Waals surface area contributed by atoms with Gasteiger partial charge in [-0.2, -0.15) is 0 Å². The molecule has 0 N–H and O–H groups in total. The first-order chi connectivity index (χ1) is 6.63. The Hall–Kier alpha value is -1.15. The molecular formula is C12H16FN. The van der Waals surface area contributed by atoms with Crippen LogP contribution in [0.2, 0.25) is 0 Å². The van der Waals surface area contributed by atoms with E-state index < -0.39 is 0 Å². The van der Waals surface area contributed by atoms with Gasteiger partial charge in [0.15, 0.2) is 0 Å². The maximum Gasteiger partial charge on any atom is 0.127 e. The molecule has 1 nitrogen and oxygen atoms in total. The molecule has 0 heterocycles. The highest BCUT2D eigenvalue weighted by Gasteiger charge is 2.03. The highest BCUT2D eigenvalue weighted by atomic mass is 19.1. The third kappa shape index (κ3) is 2.96. The Balaban J connectivity index is 2.83. The van der Waals surface area contributed by atoms with E-state index in [4.69, 9.17) is 0 Å². The molecule has 0 radical (unpaired) electrons. The fourth-order valence-electron chi connectivity index (χ4n) is 1.35. The van der Waals surface area contributed by atoms with Crippen LogP contribution in [0.15, 0.2) is 30.9 Å². The van der Waals surface area contributed by atoms with Crippen LogP contribution in [0.4, 0.5) is 4.39 Å². The standard InChI is InChI=1S/C12H16FN/c1-4-5-10-6-7-11(9-14(2)3)12(13)8-10/h4,6-8H,1,5,9H2,2-3H3. The van der Waals surface area contributed by atoms with Crippen LogP contribution in [0.25, 0.3) is 0 Å². The molecule has 0 saturated carbocycles. The van der Waals surface area contributed by atoms with Crippen molar-refractivity contribution in [3.8, 4) is 0 Å². The maximum atomic E-state index is 13.5. The van der Waals surface area contributed by atoms with E-state index in [0.717, 1.165) is 17.5 Å². The van der Waals surface area contributed by atoms with Crippen molar-refractivity contribution in [1.29, 1.82) is 0 Å². The van der Waals surface area contributed by atoms with E-state index in [0.29, 0.717) is 6.54 Å². The van der Waals surface area contributed by atoms with Gasteiger partial charge in [-0.15, -0.1) is 6.58 Å². The average Bonchev–Trinajstić information content (AvgIpc) is 2.10. The summed E-state index contributed by atoms with van der Waals surface area (Å²) < 4.78 is 13.5. The minimum Gasteiger partial charge on any atom is -0.305 e. The van der Waals surface area contributed by atoms with E-state index in [2.05, 4.69) is 6.58 Å². The summed E-state index contributed by atoms with van der Waals surface area (Å²) in [4.78, 5) is 1.95. The van der Waals surface area contributed by atoms with Crippen LogP contribution in [0.1, 0.15) is 11.1 Å². The number of halogens is 1. The minimum atomic E-state index is -0.127. The van der Waals surface area contributed by atoms with Gasteiger partial charge in [0.2, 0.25) is 0 Å². The Bertz CT molecular complexity index is 318. The Kier molecular flexibility index (Phi) is 3.84. The van der Waals surface area contributed by atoms with Crippen molar-refractivity contribution in [3.63, 3.8) is 0 Å². The van der Waals surface area contributed by atoms with Crippen molar-refractivity contribution < 1.29 is 4.39 Å². The van der Waals surface area contributed by atoms with Crippen LogP contribution in [0.5, 0.6) is 0 Å². The maximum absolute atomic E-state index is 13.5. The molecule has 14 heavy (non-hydrogen) atoms. The smallest absolute Gasteiger partial charge is 0.127 e. The first-order valence-corrected chi connectivity index (χ1v) is 4.66. The van der Waals surface area contributed by atoms with Gasteiger partial charge in [0.05, 0.1) is 0 Å². The van der Waals surface area contributed by atoms with Crippen LogP contribution >= 0.6 is 0 Å². The molecule has 0 bridgehead atoms. The molecule has 76 valence electrons. The van der Waals surface area contributed by atoms with Crippen LogP contribution < -0.4 is 0 Å². The molecular weight excluding hydrogens is 177 g/mol. The van der Waals surface area contributed by atoms with Crippen LogP contribution in [-0.4, -0.2) is 19.0 Å². The summed E-state index contributed by atoms with van der Waals surface area (Å²) in [5.74, 6) is -0.127. The lowest BCUT2D eigenvalue weighted by Gasteiger charge is -2.10. The summed E-state index contributed by atoms with van der Waals surface area (Å²) in [6.45, 7) is 4.26. The lowest BCUT2D eigenvalue weighted by Crippen LogP contribution is -2.12. The van der Waals surface area contributed by atoms with Gasteiger partial charge in [0.1, 0.15) is 5.82 Å². The quantitative estimate of drug-likeness (QED) is 0.664. The summed E-state index contributed by atoms with van der Waals surface area (Å²) >= 11 is 0. The van der Waals surface area contributed by atoms with Gasteiger partial charge in [-0.05, 0) is 32.1 Å². The van der Waals surface area contributed by atoms with E-state index in [1.54, 1.807) is 12.1 Å². The summed E-state index contributed by atoms with van der Waals surface area (Å²) in [6.07, 6.45) is 2.50. The molecule has 0 fully saturated rings. The predicted molar refractivity (Wildman–Crippen MR) is 57.7 cm³/mol. The Morgan fingerprint density at radius 1 is 1.43 bits per heavy atom. The van der Waals surface area contributed by atoms with E-state index in [-0.39, 0.29) is 5.82 Å². The van der Waals surface area contributed by atoms with Crippen LogP contribution in [0.3, 0.4) is 0 Å². The van der Waals surface area contributed by atoms with Gasteiger partial charge in [-0.3, -0.25) is 0 Å². The Labute approximate surface area is 84.9 Å². The molecule has 2 heteroatoms. The molecule has 0 saturated heterocycles. The summed E-state index contributed by atoms with van der Waals surface area (Å²) in [7, 11) is 3.86. The van der Waals surface area contributed by atoms with Gasteiger partial charge < -0.3 is 4.90 Å². The van der Waals surface area contributed by atoms with Crippen molar-refractivity contribution in [2.24, 2.45) is 0 Å². The van der Waals surface area contributed by atoms with Gasteiger partial charge >= 0.3 is 0 Å². The fourth-order valence-corrected chi connectivity index (χ4v) is 1.35. The van der Waals surface area contributed by atoms with Gasteiger partial charge in [0, 0.05) is 12.1 Å². The van der Waals surface area contributed by atoms with Crippen molar-refractivity contribution in [1.82, 2.24) is 4.90 Å². The number of benzene rings is 1. The Morgan fingerprint density at radius 2 is 2.14 bits per heavy atom. The van der Waals surface area contributed by atoms with E-state index in [1.807, 2.05) is 31.1 Å². The molecule has 1 aromatic rings. The zero-order chi connectivity index (χ0) is 10.6. The summed E-state index contributed by atoms with van der Waals surface area (Å²) in [6, 6.07) is 5.37. The molecule has 0 aliphatic carbocycles. The fraction of sp³-hybridized carbons (Fsp3) is 0.333. The summed E-state index contributed by atoms with van der Waals surface area (Å²) in [5.41, 5.74) is 1.71. The van der Waals surface area contributed by atoms with Crippen molar-refractivity contribution in [3.05, 3.63) is 47.8 Å². The van der Waals surface area contributed by atoms with Gasteiger partial charge in [-0.25, -0.2) is 4.39 Å². The van der Waals surface area contributed by atoms with E-state index in [9.17, 15) is 4.39 Å². The highest BCUT2D eigenvalue weighted by molar-refractivity contribution is 5.25. The van der Waals surface area contributed by atoms with Crippen molar-refractivity contribution in [2.45, 2.75) is 13.0 Å². The van der Waals surface area contributed by atoms with Crippen LogP contribution in [-0.2, 0) is 13.0 Å². The number of nitrogens with zero attached hydrogens (tertiary/aromatic N) is 1. The molecule has 0 spiro atoms. The number of hydrogen-bond acceptors (Lipinski definition) is 1. The number of hydrogen-bond donors (Lipinski definition) is 0. The van der Waals surface area contributed by atoms with Crippen molar-refractivity contribution in [2.75, 3.05) is 14.1 Å². The molecule has 1 aromatic carbocycles. The SMILES string of the molecule is C=CCc1ccc(CN(C)C)c(F)c1. The second-order valence-electron chi connectivity index (χ2n) is 3.66. The lowest BCUT2D eigenvalue weighted by molar-refractivity contribution is 0.392. The minimum absolute atomic E-state index is 0.127. The third-order valence-electron chi connectivity index (χ3n) is 1.98. The van der Waals surface area contributed by atoms with E-state index >= 15 is 0 Å². The molecule has 0 aliphatic heterocycles. The molecule has 0 aliphatic rings. The third-order valence-corrected chi connectivity index (χ3v) is 1.98. The zero-order valence-corrected chi connectivity index (χ0v) is 8.76. The topological polar surface area (TPSA) is 3.24 Å². The molecule has 1 rings (SSSR count). The van der Waals surface area contributed by atoms with Gasteiger partial charge in [0.25, 0.3) is 0 Å². The van der Waals surface area contributed by atoms with Gasteiger partial charge in [-0.1, -0.05) is 18.2 Å². The predicted octanol–water partition coefficient (Wildman–Crippen LogP) is 2.62. The van der Waals surface area contributed by atoms with E-state index in [1.165, 1.54) is 0 Å². The second-order valence-corrected chi connectivity index (χ2v) is 3.66.